The van der Waals surface area contributed by atoms with E-state index in [1.165, 1.54) is 0 Å². The highest BCUT2D eigenvalue weighted by Gasteiger charge is 2.31. The van der Waals surface area contributed by atoms with Crippen molar-refractivity contribution in [3.63, 3.8) is 0 Å². The van der Waals surface area contributed by atoms with Crippen LogP contribution in [-0.4, -0.2) is 56.7 Å². The Bertz CT molecular complexity index is 973. The van der Waals surface area contributed by atoms with Gasteiger partial charge in [-0.1, -0.05) is 17.4 Å². The van der Waals surface area contributed by atoms with E-state index in [1.807, 2.05) is 41.4 Å². The van der Waals surface area contributed by atoms with Gasteiger partial charge in [-0.3, -0.25) is 14.3 Å². The van der Waals surface area contributed by atoms with E-state index in [4.69, 9.17) is 0 Å². The zero-order valence-electron chi connectivity index (χ0n) is 17.6. The lowest BCUT2D eigenvalue weighted by Gasteiger charge is -2.37. The summed E-state index contributed by atoms with van der Waals surface area (Å²) in [5.41, 5.74) is 1.16. The van der Waals surface area contributed by atoms with Crippen LogP contribution in [0, 0.1) is 11.8 Å². The fraction of sp³-hybridized carbons (Fsp3) is 0.478. The summed E-state index contributed by atoms with van der Waals surface area (Å²) in [7, 11) is 0. The number of carbonyl (C=O) groups excluding carboxylic acids is 1. The van der Waals surface area contributed by atoms with Crippen molar-refractivity contribution in [2.45, 2.75) is 32.1 Å². The molecule has 1 amide bonds. The summed E-state index contributed by atoms with van der Waals surface area (Å²) in [6.45, 7) is 3.50. The molecule has 2 saturated heterocycles. The van der Waals surface area contributed by atoms with Crippen molar-refractivity contribution in [3.8, 4) is 5.13 Å². The molecule has 0 atom stereocenters. The summed E-state index contributed by atoms with van der Waals surface area (Å²) in [5, 5.41) is 10.5. The van der Waals surface area contributed by atoms with Gasteiger partial charge >= 0.3 is 0 Å². The first-order valence-electron chi connectivity index (χ1n) is 11.2. The normalized spacial score (nSPS) is 18.5. The van der Waals surface area contributed by atoms with E-state index in [2.05, 4.69) is 37.1 Å². The number of nitrogens with zero attached hydrogens (tertiary/aromatic N) is 6. The zero-order valence-corrected chi connectivity index (χ0v) is 18.5. The molecule has 8 heteroatoms. The third kappa shape index (κ3) is 4.63. The summed E-state index contributed by atoms with van der Waals surface area (Å²) in [4.78, 5) is 21.9. The molecule has 5 rings (SSSR count). The molecule has 3 aromatic heterocycles. The van der Waals surface area contributed by atoms with E-state index in [9.17, 15) is 4.79 Å². The van der Waals surface area contributed by atoms with Gasteiger partial charge in [0.15, 0.2) is 0 Å². The first kappa shape index (κ1) is 20.2. The quantitative estimate of drug-likeness (QED) is 0.613. The van der Waals surface area contributed by atoms with E-state index < -0.39 is 0 Å². The van der Waals surface area contributed by atoms with Crippen LogP contribution in [0.1, 0.15) is 31.4 Å². The maximum Gasteiger partial charge on any atom is 0.225 e. The Hall–Kier alpha value is -2.74. The van der Waals surface area contributed by atoms with Crippen LogP contribution in [0.2, 0.25) is 0 Å². The van der Waals surface area contributed by atoms with Crippen molar-refractivity contribution < 1.29 is 4.79 Å². The minimum atomic E-state index is 0.139. The van der Waals surface area contributed by atoms with Crippen molar-refractivity contribution in [2.75, 3.05) is 31.1 Å². The predicted molar refractivity (Wildman–Crippen MR) is 121 cm³/mol. The van der Waals surface area contributed by atoms with Crippen LogP contribution >= 0.6 is 11.3 Å². The van der Waals surface area contributed by atoms with Gasteiger partial charge in [-0.15, -0.1) is 10.2 Å². The Labute approximate surface area is 186 Å². The van der Waals surface area contributed by atoms with Gasteiger partial charge in [0, 0.05) is 56.4 Å². The molecule has 5 heterocycles. The maximum absolute atomic E-state index is 13.1. The summed E-state index contributed by atoms with van der Waals surface area (Å²) in [6, 6.07) is 10.1. The molecule has 31 heavy (non-hydrogen) atoms. The molecular formula is C23H28N6OS. The molecule has 0 N–H and O–H groups in total. The number of hydrogen-bond acceptors (Lipinski definition) is 6. The summed E-state index contributed by atoms with van der Waals surface area (Å²) >= 11 is 1.60. The van der Waals surface area contributed by atoms with Crippen LogP contribution in [0.25, 0.3) is 5.13 Å². The topological polar surface area (TPSA) is 67.2 Å². The van der Waals surface area contributed by atoms with Gasteiger partial charge in [-0.25, -0.2) is 0 Å². The zero-order chi connectivity index (χ0) is 21.0. The van der Waals surface area contributed by atoms with E-state index in [0.29, 0.717) is 11.8 Å². The van der Waals surface area contributed by atoms with Crippen LogP contribution in [-0.2, 0) is 11.2 Å². The van der Waals surface area contributed by atoms with Gasteiger partial charge in [0.05, 0.1) is 0 Å². The standard InChI is InChI=1S/C23H28N6OS/c30-21(27-13-6-18(7-14-27)17-20-5-1-2-10-24-20)19-8-15-29(16-9-19)23-26-25-22(31-23)28-11-3-4-12-28/h1-5,10-12,18-19H,6-9,13-17H2. The number of piperidine rings is 2. The largest absolute Gasteiger partial charge is 0.347 e. The van der Waals surface area contributed by atoms with Crippen LogP contribution in [0.15, 0.2) is 48.9 Å². The Balaban J connectivity index is 1.10. The Morgan fingerprint density at radius 3 is 2.39 bits per heavy atom. The third-order valence-corrected chi connectivity index (χ3v) is 7.49. The number of aromatic nitrogens is 4. The summed E-state index contributed by atoms with van der Waals surface area (Å²) < 4.78 is 1.98. The Morgan fingerprint density at radius 1 is 0.935 bits per heavy atom. The average molecular weight is 437 g/mol. The number of likely N-dealkylation sites (tertiary alicyclic amines) is 1. The molecule has 0 radical (unpaired) electrons. The first-order valence-corrected chi connectivity index (χ1v) is 12.0. The molecule has 2 aliphatic heterocycles. The highest BCUT2D eigenvalue weighted by molar-refractivity contribution is 7.17. The van der Waals surface area contributed by atoms with Crippen LogP contribution in [0.5, 0.6) is 0 Å². The number of amides is 1. The number of hydrogen-bond donors (Lipinski definition) is 0. The van der Waals surface area contributed by atoms with Crippen molar-refractivity contribution in [2.24, 2.45) is 11.8 Å². The highest BCUT2D eigenvalue weighted by atomic mass is 32.1. The molecule has 2 aliphatic rings. The Morgan fingerprint density at radius 2 is 1.68 bits per heavy atom. The molecule has 0 unspecified atom stereocenters. The highest BCUT2D eigenvalue weighted by Crippen LogP contribution is 2.29. The SMILES string of the molecule is O=C(C1CCN(c2nnc(-n3cccc3)s2)CC1)N1CCC(Cc2ccccn2)CC1. The number of pyridine rings is 1. The maximum atomic E-state index is 13.1. The van der Waals surface area contributed by atoms with Crippen molar-refractivity contribution in [1.82, 2.24) is 24.6 Å². The molecule has 3 aromatic rings. The second-order valence-corrected chi connectivity index (χ2v) is 9.45. The van der Waals surface area contributed by atoms with Gasteiger partial charge in [0.25, 0.3) is 0 Å². The van der Waals surface area contributed by atoms with Crippen molar-refractivity contribution in [3.05, 3.63) is 54.6 Å². The van der Waals surface area contributed by atoms with Crippen molar-refractivity contribution >= 4 is 22.4 Å². The predicted octanol–water partition coefficient (Wildman–Crippen LogP) is 3.42. The van der Waals surface area contributed by atoms with Crippen LogP contribution in [0.4, 0.5) is 5.13 Å². The molecule has 0 aliphatic carbocycles. The molecule has 0 spiro atoms. The lowest BCUT2D eigenvalue weighted by atomic mass is 9.90. The van der Waals surface area contributed by atoms with Crippen LogP contribution in [0.3, 0.4) is 0 Å². The monoisotopic (exact) mass is 436 g/mol. The van der Waals surface area contributed by atoms with E-state index in [1.54, 1.807) is 11.3 Å². The van der Waals surface area contributed by atoms with Crippen LogP contribution < -0.4 is 4.90 Å². The number of anilines is 1. The number of rotatable bonds is 5. The van der Waals surface area contributed by atoms with Gasteiger partial charge in [-0.05, 0) is 62.3 Å². The second-order valence-electron chi connectivity index (χ2n) is 8.51. The fourth-order valence-electron chi connectivity index (χ4n) is 4.65. The minimum absolute atomic E-state index is 0.139. The van der Waals surface area contributed by atoms with Gasteiger partial charge < -0.3 is 9.80 Å². The molecule has 0 saturated carbocycles. The Kier molecular flexibility index (Phi) is 5.97. The molecular weight excluding hydrogens is 408 g/mol. The minimum Gasteiger partial charge on any atom is -0.347 e. The lowest BCUT2D eigenvalue weighted by Crippen LogP contribution is -2.45. The molecule has 0 bridgehead atoms. The van der Waals surface area contributed by atoms with E-state index >= 15 is 0 Å². The van der Waals surface area contributed by atoms with E-state index in [0.717, 1.165) is 74.2 Å². The smallest absolute Gasteiger partial charge is 0.225 e. The third-order valence-electron chi connectivity index (χ3n) is 6.49. The molecule has 7 nitrogen and oxygen atoms in total. The van der Waals surface area contributed by atoms with Gasteiger partial charge in [0.2, 0.25) is 16.2 Å². The van der Waals surface area contributed by atoms with Crippen molar-refractivity contribution in [1.29, 1.82) is 0 Å². The first-order chi connectivity index (χ1) is 15.3. The van der Waals surface area contributed by atoms with Gasteiger partial charge in [0.1, 0.15) is 0 Å². The molecule has 162 valence electrons. The average Bonchev–Trinajstić information content (AvgIpc) is 3.52. The fourth-order valence-corrected chi connectivity index (χ4v) is 5.52. The second kappa shape index (κ2) is 9.18. The lowest BCUT2D eigenvalue weighted by molar-refractivity contribution is -0.137. The van der Waals surface area contributed by atoms with Gasteiger partial charge in [-0.2, -0.15) is 0 Å². The summed E-state index contributed by atoms with van der Waals surface area (Å²) in [5.74, 6) is 1.12. The molecule has 0 aromatic carbocycles. The summed E-state index contributed by atoms with van der Waals surface area (Å²) in [6.07, 6.45) is 10.8. The molecule has 2 fully saturated rings. The van der Waals surface area contributed by atoms with E-state index in [-0.39, 0.29) is 5.92 Å². The number of carbonyl (C=O) groups is 1.